The van der Waals surface area contributed by atoms with Crippen LogP contribution in [0.25, 0.3) is 0 Å². The standard InChI is InChI=1S/C5H10O3/c1-4-2-7-8-3-5(4)6/h4-6H,2-3H2,1H3. The van der Waals surface area contributed by atoms with Crippen LogP contribution < -0.4 is 0 Å². The van der Waals surface area contributed by atoms with Gasteiger partial charge in [0, 0.05) is 5.92 Å². The van der Waals surface area contributed by atoms with E-state index in [9.17, 15) is 0 Å². The van der Waals surface area contributed by atoms with Gasteiger partial charge in [0.1, 0.15) is 6.61 Å². The van der Waals surface area contributed by atoms with E-state index in [1.165, 1.54) is 0 Å². The average Bonchev–Trinajstić information content (AvgIpc) is 1.77. The van der Waals surface area contributed by atoms with E-state index in [-0.39, 0.29) is 12.0 Å². The lowest BCUT2D eigenvalue weighted by Gasteiger charge is -2.22. The fourth-order valence-corrected chi connectivity index (χ4v) is 0.549. The van der Waals surface area contributed by atoms with E-state index >= 15 is 0 Å². The van der Waals surface area contributed by atoms with Crippen LogP contribution in [0.1, 0.15) is 6.92 Å². The molecule has 48 valence electrons. The number of rotatable bonds is 0. The van der Waals surface area contributed by atoms with Gasteiger partial charge in [-0.2, -0.15) is 0 Å². The van der Waals surface area contributed by atoms with Gasteiger partial charge in [-0.1, -0.05) is 6.92 Å². The van der Waals surface area contributed by atoms with Crippen molar-refractivity contribution in [3.05, 3.63) is 0 Å². The van der Waals surface area contributed by atoms with Crippen LogP contribution in [0, 0.1) is 5.92 Å². The first-order valence-corrected chi connectivity index (χ1v) is 2.73. The molecule has 1 saturated heterocycles. The Labute approximate surface area is 48.1 Å². The van der Waals surface area contributed by atoms with Gasteiger partial charge in [0.15, 0.2) is 0 Å². The second kappa shape index (κ2) is 2.44. The Morgan fingerprint density at radius 2 is 2.00 bits per heavy atom. The quantitative estimate of drug-likeness (QED) is 0.453. The molecule has 0 aromatic rings. The maximum Gasteiger partial charge on any atom is 0.108 e. The highest BCUT2D eigenvalue weighted by molar-refractivity contribution is 4.63. The van der Waals surface area contributed by atoms with Crippen LogP contribution in [0.3, 0.4) is 0 Å². The summed E-state index contributed by atoms with van der Waals surface area (Å²) in [5.41, 5.74) is 0. The highest BCUT2D eigenvalue weighted by Crippen LogP contribution is 2.09. The highest BCUT2D eigenvalue weighted by Gasteiger charge is 2.19. The summed E-state index contributed by atoms with van der Waals surface area (Å²) in [6, 6.07) is 0. The van der Waals surface area contributed by atoms with Crippen LogP contribution in [0.5, 0.6) is 0 Å². The molecule has 0 spiro atoms. The number of hydrogen-bond donors (Lipinski definition) is 1. The van der Waals surface area contributed by atoms with Crippen molar-refractivity contribution in [3.63, 3.8) is 0 Å². The topological polar surface area (TPSA) is 38.7 Å². The van der Waals surface area contributed by atoms with E-state index in [1.54, 1.807) is 0 Å². The van der Waals surface area contributed by atoms with Gasteiger partial charge < -0.3 is 5.11 Å². The Hall–Kier alpha value is -0.120. The van der Waals surface area contributed by atoms with Gasteiger partial charge in [-0.05, 0) is 0 Å². The molecule has 1 N–H and O–H groups in total. The molecule has 0 aliphatic carbocycles. The fraction of sp³-hybridized carbons (Fsp3) is 1.00. The maximum atomic E-state index is 8.97. The first-order chi connectivity index (χ1) is 3.80. The van der Waals surface area contributed by atoms with Crippen molar-refractivity contribution in [2.75, 3.05) is 13.2 Å². The van der Waals surface area contributed by atoms with Crippen molar-refractivity contribution in [3.8, 4) is 0 Å². The SMILES string of the molecule is CC1COOCC1O. The van der Waals surface area contributed by atoms with Crippen molar-refractivity contribution in [2.24, 2.45) is 5.92 Å². The number of aliphatic hydroxyl groups is 1. The predicted molar refractivity (Wildman–Crippen MR) is 27.1 cm³/mol. The molecule has 8 heavy (non-hydrogen) atoms. The second-order valence-corrected chi connectivity index (χ2v) is 2.11. The van der Waals surface area contributed by atoms with Crippen molar-refractivity contribution >= 4 is 0 Å². The van der Waals surface area contributed by atoms with Crippen molar-refractivity contribution in [2.45, 2.75) is 13.0 Å². The lowest BCUT2D eigenvalue weighted by Crippen LogP contribution is -2.32. The summed E-state index contributed by atoms with van der Waals surface area (Å²) in [5, 5.41) is 8.97. The first-order valence-electron chi connectivity index (χ1n) is 2.73. The summed E-state index contributed by atoms with van der Waals surface area (Å²) in [7, 11) is 0. The Balaban J connectivity index is 2.28. The van der Waals surface area contributed by atoms with Crippen LogP contribution >= 0.6 is 0 Å². The number of hydrogen-bond acceptors (Lipinski definition) is 3. The third kappa shape index (κ3) is 1.18. The molecule has 2 unspecified atom stereocenters. The molecule has 0 aromatic carbocycles. The average molecular weight is 118 g/mol. The Morgan fingerprint density at radius 1 is 1.38 bits per heavy atom. The van der Waals surface area contributed by atoms with Crippen molar-refractivity contribution < 1.29 is 14.9 Å². The minimum absolute atomic E-state index is 0.212. The molecule has 1 aliphatic rings. The molecule has 0 radical (unpaired) electrons. The molecule has 1 heterocycles. The normalized spacial score (nSPS) is 39.8. The summed E-state index contributed by atoms with van der Waals surface area (Å²) in [6.07, 6.45) is -0.344. The number of aliphatic hydroxyl groups excluding tert-OH is 1. The van der Waals surface area contributed by atoms with Crippen LogP contribution in [0.4, 0.5) is 0 Å². The van der Waals surface area contributed by atoms with E-state index in [4.69, 9.17) is 5.11 Å². The molecular formula is C5H10O3. The Morgan fingerprint density at radius 3 is 2.38 bits per heavy atom. The van der Waals surface area contributed by atoms with Gasteiger partial charge in [0.25, 0.3) is 0 Å². The van der Waals surface area contributed by atoms with E-state index in [1.807, 2.05) is 6.92 Å². The maximum absolute atomic E-state index is 8.97. The molecule has 0 amide bonds. The predicted octanol–water partition coefficient (Wildman–Crippen LogP) is -0.0548. The lowest BCUT2D eigenvalue weighted by molar-refractivity contribution is -0.342. The van der Waals surface area contributed by atoms with Gasteiger partial charge in [-0.3, -0.25) is 0 Å². The van der Waals surface area contributed by atoms with Gasteiger partial charge in [-0.15, -0.1) is 0 Å². The minimum Gasteiger partial charge on any atom is -0.390 e. The summed E-state index contributed by atoms with van der Waals surface area (Å²) < 4.78 is 0. The third-order valence-electron chi connectivity index (χ3n) is 1.31. The van der Waals surface area contributed by atoms with Crippen molar-refractivity contribution in [1.82, 2.24) is 0 Å². The van der Waals surface area contributed by atoms with E-state index in [0.717, 1.165) is 0 Å². The zero-order chi connectivity index (χ0) is 5.98. The van der Waals surface area contributed by atoms with Gasteiger partial charge in [-0.25, -0.2) is 9.78 Å². The summed E-state index contributed by atoms with van der Waals surface area (Å²) in [4.78, 5) is 9.09. The molecule has 0 saturated carbocycles. The Bertz CT molecular complexity index is 64.1. The van der Waals surface area contributed by atoms with E-state index in [2.05, 4.69) is 9.78 Å². The van der Waals surface area contributed by atoms with Gasteiger partial charge in [0.2, 0.25) is 0 Å². The monoisotopic (exact) mass is 118 g/mol. The zero-order valence-electron chi connectivity index (χ0n) is 4.83. The largest absolute Gasteiger partial charge is 0.390 e. The molecular weight excluding hydrogens is 108 g/mol. The van der Waals surface area contributed by atoms with E-state index in [0.29, 0.717) is 13.2 Å². The molecule has 3 heteroatoms. The van der Waals surface area contributed by atoms with Crippen LogP contribution in [0.15, 0.2) is 0 Å². The van der Waals surface area contributed by atoms with Gasteiger partial charge in [0.05, 0.1) is 12.7 Å². The minimum atomic E-state index is -0.344. The second-order valence-electron chi connectivity index (χ2n) is 2.11. The van der Waals surface area contributed by atoms with Crippen LogP contribution in [-0.4, -0.2) is 24.4 Å². The Kier molecular flexibility index (Phi) is 1.83. The summed E-state index contributed by atoms with van der Waals surface area (Å²) >= 11 is 0. The smallest absolute Gasteiger partial charge is 0.108 e. The molecule has 1 aliphatic heterocycles. The molecule has 3 nitrogen and oxygen atoms in total. The summed E-state index contributed by atoms with van der Waals surface area (Å²) in [6.45, 7) is 2.73. The molecule has 0 bridgehead atoms. The van der Waals surface area contributed by atoms with Gasteiger partial charge >= 0.3 is 0 Å². The van der Waals surface area contributed by atoms with Crippen LogP contribution in [0.2, 0.25) is 0 Å². The third-order valence-corrected chi connectivity index (χ3v) is 1.31. The zero-order valence-corrected chi connectivity index (χ0v) is 4.83. The first kappa shape index (κ1) is 6.01. The van der Waals surface area contributed by atoms with E-state index < -0.39 is 0 Å². The molecule has 1 rings (SSSR count). The molecule has 1 fully saturated rings. The fourth-order valence-electron chi connectivity index (χ4n) is 0.549. The van der Waals surface area contributed by atoms with Crippen molar-refractivity contribution in [1.29, 1.82) is 0 Å². The summed E-state index contributed by atoms with van der Waals surface area (Å²) in [5.74, 6) is 0.212. The lowest BCUT2D eigenvalue weighted by atomic mass is 10.1. The molecule has 0 aromatic heterocycles. The molecule has 2 atom stereocenters. The van der Waals surface area contributed by atoms with Crippen LogP contribution in [-0.2, 0) is 9.78 Å². The highest BCUT2D eigenvalue weighted by atomic mass is 17.2.